The second-order valence-corrected chi connectivity index (χ2v) is 8.36. The molecule has 0 saturated carbocycles. The number of nitrogens with zero attached hydrogens (tertiary/aromatic N) is 1. The minimum absolute atomic E-state index is 0.0833. The van der Waals surface area contributed by atoms with Crippen molar-refractivity contribution in [1.82, 2.24) is 0 Å². The molecule has 2 atom stereocenters. The van der Waals surface area contributed by atoms with E-state index in [-0.39, 0.29) is 17.7 Å². The Morgan fingerprint density at radius 3 is 2.27 bits per heavy atom. The zero-order valence-corrected chi connectivity index (χ0v) is 18.6. The summed E-state index contributed by atoms with van der Waals surface area (Å²) in [6.45, 7) is 11.6. The van der Waals surface area contributed by atoms with E-state index >= 15 is 0 Å². The standard InChI is InChI=1S/C25H33N3O2/c1-5-18(2)23-8-6-7-9-24(23)26-25(30)19(3)27-14-16-28(17-15-27)22-12-10-21(11-13-22)20(4)29/h6-13,18-19H,5,14-17H2,1-4H3,(H,26,30)/p+1/t18-,19+/m0/s1. The van der Waals surface area contributed by atoms with E-state index in [2.05, 4.69) is 30.1 Å². The van der Waals surface area contributed by atoms with Gasteiger partial charge in [0.2, 0.25) is 0 Å². The van der Waals surface area contributed by atoms with Gasteiger partial charge in [-0.15, -0.1) is 0 Å². The van der Waals surface area contributed by atoms with Crippen LogP contribution in [0.1, 0.15) is 56.0 Å². The molecule has 2 aromatic rings. The third kappa shape index (κ3) is 5.08. The van der Waals surface area contributed by atoms with E-state index in [9.17, 15) is 9.59 Å². The number of rotatable bonds is 7. The monoisotopic (exact) mass is 408 g/mol. The number of nitrogens with one attached hydrogen (secondary N) is 2. The first-order valence-electron chi connectivity index (χ1n) is 11.0. The second-order valence-electron chi connectivity index (χ2n) is 8.36. The van der Waals surface area contributed by atoms with Crippen LogP contribution in [0.3, 0.4) is 0 Å². The van der Waals surface area contributed by atoms with Crippen LogP contribution in [0.25, 0.3) is 0 Å². The van der Waals surface area contributed by atoms with E-state index in [1.807, 2.05) is 49.4 Å². The van der Waals surface area contributed by atoms with Gasteiger partial charge in [0.25, 0.3) is 5.91 Å². The number of carbonyl (C=O) groups is 2. The van der Waals surface area contributed by atoms with E-state index in [0.717, 1.165) is 49.5 Å². The lowest BCUT2D eigenvalue weighted by atomic mass is 9.97. The van der Waals surface area contributed by atoms with Gasteiger partial charge in [-0.3, -0.25) is 9.59 Å². The largest absolute Gasteiger partial charge is 0.360 e. The summed E-state index contributed by atoms with van der Waals surface area (Å²) in [6, 6.07) is 15.8. The molecule has 0 unspecified atom stereocenters. The summed E-state index contributed by atoms with van der Waals surface area (Å²) >= 11 is 0. The quantitative estimate of drug-likeness (QED) is 0.692. The van der Waals surface area contributed by atoms with Gasteiger partial charge in [0.1, 0.15) is 0 Å². The first-order valence-corrected chi connectivity index (χ1v) is 11.0. The molecule has 1 amide bonds. The summed E-state index contributed by atoms with van der Waals surface area (Å²) in [6.07, 6.45) is 1.04. The number of piperazine rings is 1. The maximum Gasteiger partial charge on any atom is 0.282 e. The smallest absolute Gasteiger partial charge is 0.282 e. The Hall–Kier alpha value is -2.66. The number of Topliss-reactive ketones (excluding diaryl/α,β-unsaturated/α-hetero) is 1. The molecule has 3 rings (SSSR count). The summed E-state index contributed by atoms with van der Waals surface area (Å²) in [5, 5.41) is 3.18. The molecule has 0 bridgehead atoms. The highest BCUT2D eigenvalue weighted by Gasteiger charge is 2.29. The third-order valence-corrected chi connectivity index (χ3v) is 6.41. The normalized spacial score (nSPS) is 16.7. The van der Waals surface area contributed by atoms with Crippen LogP contribution in [0.4, 0.5) is 11.4 Å². The highest BCUT2D eigenvalue weighted by molar-refractivity contribution is 5.95. The van der Waals surface area contributed by atoms with Crippen LogP contribution in [-0.2, 0) is 4.79 Å². The van der Waals surface area contributed by atoms with Gasteiger partial charge in [0, 0.05) is 16.9 Å². The average molecular weight is 409 g/mol. The Bertz CT molecular complexity index is 870. The zero-order chi connectivity index (χ0) is 21.7. The predicted octanol–water partition coefficient (Wildman–Crippen LogP) is 3.13. The van der Waals surface area contributed by atoms with Crippen LogP contribution in [0.2, 0.25) is 0 Å². The van der Waals surface area contributed by atoms with Crippen LogP contribution < -0.4 is 15.1 Å². The SMILES string of the molecule is CC[C@H](C)c1ccccc1NC(=O)[C@@H](C)[NH+]1CCN(c2ccc(C(C)=O)cc2)CC1. The molecule has 160 valence electrons. The number of amides is 1. The van der Waals surface area contributed by atoms with Crippen molar-refractivity contribution in [3.8, 4) is 0 Å². The van der Waals surface area contributed by atoms with E-state index in [1.54, 1.807) is 6.92 Å². The maximum absolute atomic E-state index is 13.0. The van der Waals surface area contributed by atoms with Crippen molar-refractivity contribution < 1.29 is 14.5 Å². The number of anilines is 2. The lowest BCUT2D eigenvalue weighted by Gasteiger charge is -2.36. The zero-order valence-electron chi connectivity index (χ0n) is 18.6. The molecule has 1 aliphatic rings. The van der Waals surface area contributed by atoms with Gasteiger partial charge in [-0.25, -0.2) is 0 Å². The van der Waals surface area contributed by atoms with Gasteiger partial charge < -0.3 is 15.1 Å². The summed E-state index contributed by atoms with van der Waals surface area (Å²) in [7, 11) is 0. The Kier molecular flexibility index (Phi) is 7.27. The topological polar surface area (TPSA) is 53.9 Å². The molecule has 0 spiro atoms. The van der Waals surface area contributed by atoms with Crippen molar-refractivity contribution in [3.05, 3.63) is 59.7 Å². The van der Waals surface area contributed by atoms with Crippen molar-refractivity contribution >= 4 is 23.1 Å². The highest BCUT2D eigenvalue weighted by atomic mass is 16.2. The number of hydrogen-bond acceptors (Lipinski definition) is 3. The third-order valence-electron chi connectivity index (χ3n) is 6.41. The molecule has 1 heterocycles. The lowest BCUT2D eigenvalue weighted by molar-refractivity contribution is -0.914. The maximum atomic E-state index is 13.0. The van der Waals surface area contributed by atoms with Crippen molar-refractivity contribution in [1.29, 1.82) is 0 Å². The summed E-state index contributed by atoms with van der Waals surface area (Å²) < 4.78 is 0. The van der Waals surface area contributed by atoms with Crippen LogP contribution in [0.15, 0.2) is 48.5 Å². The molecule has 1 saturated heterocycles. The summed E-state index contributed by atoms with van der Waals surface area (Å²) in [5.41, 5.74) is 4.02. The first kappa shape index (κ1) is 22.0. The molecule has 30 heavy (non-hydrogen) atoms. The van der Waals surface area contributed by atoms with E-state index in [0.29, 0.717) is 5.92 Å². The van der Waals surface area contributed by atoms with Crippen molar-refractivity contribution in [2.24, 2.45) is 0 Å². The molecule has 0 radical (unpaired) electrons. The second kappa shape index (κ2) is 9.90. The summed E-state index contributed by atoms with van der Waals surface area (Å²) in [4.78, 5) is 28.1. The van der Waals surface area contributed by atoms with Crippen LogP contribution in [0, 0.1) is 0 Å². The number of carbonyl (C=O) groups excluding carboxylic acids is 2. The fraction of sp³-hybridized carbons (Fsp3) is 0.440. The average Bonchev–Trinajstić information content (AvgIpc) is 2.78. The molecule has 1 fully saturated rings. The number of benzene rings is 2. The van der Waals surface area contributed by atoms with E-state index < -0.39 is 0 Å². The van der Waals surface area contributed by atoms with Crippen LogP contribution in [-0.4, -0.2) is 43.9 Å². The molecule has 5 heteroatoms. The predicted molar refractivity (Wildman–Crippen MR) is 123 cm³/mol. The van der Waals surface area contributed by atoms with Gasteiger partial charge >= 0.3 is 0 Å². The van der Waals surface area contributed by atoms with Gasteiger partial charge in [-0.05, 0) is 62.1 Å². The van der Waals surface area contributed by atoms with E-state index in [1.165, 1.54) is 10.5 Å². The lowest BCUT2D eigenvalue weighted by Crippen LogP contribution is -3.19. The van der Waals surface area contributed by atoms with E-state index in [4.69, 9.17) is 0 Å². The Morgan fingerprint density at radius 2 is 1.67 bits per heavy atom. The van der Waals surface area contributed by atoms with Crippen molar-refractivity contribution in [3.63, 3.8) is 0 Å². The van der Waals surface area contributed by atoms with Gasteiger partial charge in [0.15, 0.2) is 11.8 Å². The molecular weight excluding hydrogens is 374 g/mol. The Morgan fingerprint density at radius 1 is 1.03 bits per heavy atom. The number of ketones is 1. The summed E-state index contributed by atoms with van der Waals surface area (Å²) in [5.74, 6) is 0.590. The van der Waals surface area contributed by atoms with Crippen LogP contribution >= 0.6 is 0 Å². The molecule has 0 aliphatic carbocycles. The fourth-order valence-electron chi connectivity index (χ4n) is 4.08. The fourth-order valence-corrected chi connectivity index (χ4v) is 4.08. The molecule has 2 aromatic carbocycles. The molecular formula is C25H34N3O2+. The molecule has 0 aromatic heterocycles. The molecule has 5 nitrogen and oxygen atoms in total. The first-order chi connectivity index (χ1) is 14.4. The number of hydrogen-bond donors (Lipinski definition) is 2. The van der Waals surface area contributed by atoms with Crippen LogP contribution in [0.5, 0.6) is 0 Å². The van der Waals surface area contributed by atoms with Gasteiger partial charge in [-0.2, -0.15) is 0 Å². The molecule has 2 N–H and O–H groups in total. The van der Waals surface area contributed by atoms with Crippen molar-refractivity contribution in [2.45, 2.75) is 46.1 Å². The van der Waals surface area contributed by atoms with Crippen molar-refractivity contribution in [2.75, 3.05) is 36.4 Å². The number of quaternary nitrogens is 1. The Labute approximate surface area is 180 Å². The minimum atomic E-state index is -0.0998. The molecule has 1 aliphatic heterocycles. The minimum Gasteiger partial charge on any atom is -0.360 e. The van der Waals surface area contributed by atoms with Gasteiger partial charge in [-0.1, -0.05) is 32.0 Å². The Balaban J connectivity index is 1.58. The highest BCUT2D eigenvalue weighted by Crippen LogP contribution is 2.26. The number of para-hydroxylation sites is 1. The van der Waals surface area contributed by atoms with Gasteiger partial charge in [0.05, 0.1) is 26.2 Å².